The molecule has 1 aromatic rings. The lowest BCUT2D eigenvalue weighted by Gasteiger charge is -2.08. The predicted molar refractivity (Wildman–Crippen MR) is 74.3 cm³/mol. The molecule has 0 atom stereocenters. The topological polar surface area (TPSA) is 81.4 Å². The van der Waals surface area contributed by atoms with Gasteiger partial charge in [-0.15, -0.1) is 0 Å². The van der Waals surface area contributed by atoms with Crippen molar-refractivity contribution in [1.29, 1.82) is 0 Å². The third-order valence-corrected chi connectivity index (χ3v) is 3.94. The van der Waals surface area contributed by atoms with E-state index in [0.29, 0.717) is 5.56 Å². The molecule has 0 aliphatic rings. The summed E-state index contributed by atoms with van der Waals surface area (Å²) in [6, 6.07) is 5.70. The normalized spacial score (nSPS) is 11.8. The van der Waals surface area contributed by atoms with Crippen LogP contribution in [0, 0.1) is 0 Å². The Morgan fingerprint density at radius 1 is 1.35 bits per heavy atom. The van der Waals surface area contributed by atoms with Crippen molar-refractivity contribution in [2.75, 3.05) is 19.8 Å². The fourth-order valence-electron chi connectivity index (χ4n) is 1.30. The lowest BCUT2D eigenvalue weighted by molar-refractivity contribution is 0.0199. The number of thiocarbonyl (C=S) groups is 1. The van der Waals surface area contributed by atoms with Gasteiger partial charge >= 0.3 is 0 Å². The second-order valence-corrected chi connectivity index (χ2v) is 5.96. The molecular formula is C11H14F2N2O3S2. The molecule has 0 saturated carbocycles. The molecule has 5 nitrogen and oxygen atoms in total. The van der Waals surface area contributed by atoms with Crippen molar-refractivity contribution >= 4 is 27.2 Å². The second-order valence-electron chi connectivity index (χ2n) is 3.75. The van der Waals surface area contributed by atoms with E-state index in [1.807, 2.05) is 0 Å². The first kappa shape index (κ1) is 16.9. The Bertz CT molecular complexity index is 547. The number of ether oxygens (including phenoxy) is 1. The van der Waals surface area contributed by atoms with Crippen molar-refractivity contribution in [1.82, 2.24) is 4.72 Å². The van der Waals surface area contributed by atoms with E-state index in [1.165, 1.54) is 24.3 Å². The lowest BCUT2D eigenvalue weighted by atomic mass is 10.2. The quantitative estimate of drug-likeness (QED) is 0.548. The summed E-state index contributed by atoms with van der Waals surface area (Å²) in [4.78, 5) is 0.202. The van der Waals surface area contributed by atoms with E-state index in [9.17, 15) is 17.2 Å². The van der Waals surface area contributed by atoms with Crippen LogP contribution in [0.15, 0.2) is 29.2 Å². The molecule has 0 bridgehead atoms. The highest BCUT2D eigenvalue weighted by Crippen LogP contribution is 2.10. The van der Waals surface area contributed by atoms with E-state index in [1.54, 1.807) is 0 Å². The molecule has 0 spiro atoms. The number of benzene rings is 1. The molecule has 3 N–H and O–H groups in total. The Balaban J connectivity index is 2.54. The third-order valence-electron chi connectivity index (χ3n) is 2.23. The SMILES string of the molecule is NC(=S)c1ccc(S(=O)(=O)NCCOCC(F)F)cc1. The van der Waals surface area contributed by atoms with Crippen molar-refractivity contribution in [3.05, 3.63) is 29.8 Å². The van der Waals surface area contributed by atoms with Crippen LogP contribution in [0.25, 0.3) is 0 Å². The van der Waals surface area contributed by atoms with Gasteiger partial charge in [0.05, 0.1) is 11.5 Å². The minimum Gasteiger partial charge on any atom is -0.389 e. The third kappa shape index (κ3) is 5.45. The van der Waals surface area contributed by atoms with Gasteiger partial charge in [-0.25, -0.2) is 21.9 Å². The van der Waals surface area contributed by atoms with E-state index >= 15 is 0 Å². The van der Waals surface area contributed by atoms with Gasteiger partial charge in [-0.05, 0) is 12.1 Å². The molecule has 0 radical (unpaired) electrons. The lowest BCUT2D eigenvalue weighted by Crippen LogP contribution is -2.28. The van der Waals surface area contributed by atoms with Crippen molar-refractivity contribution in [2.24, 2.45) is 5.73 Å². The van der Waals surface area contributed by atoms with Crippen LogP contribution in [0.4, 0.5) is 8.78 Å². The van der Waals surface area contributed by atoms with Gasteiger partial charge in [0.2, 0.25) is 10.0 Å². The van der Waals surface area contributed by atoms with E-state index in [2.05, 4.69) is 9.46 Å². The first-order chi connectivity index (χ1) is 9.33. The number of rotatable bonds is 8. The standard InChI is InChI=1S/C11H14F2N2O3S2/c12-10(13)7-18-6-5-15-20(16,17)9-3-1-8(2-4-9)11(14)19/h1-4,10,15H,5-7H2,(H2,14,19). The summed E-state index contributed by atoms with van der Waals surface area (Å²) >= 11 is 4.75. The number of alkyl halides is 2. The van der Waals surface area contributed by atoms with Gasteiger partial charge in [0.25, 0.3) is 6.43 Å². The highest BCUT2D eigenvalue weighted by atomic mass is 32.2. The van der Waals surface area contributed by atoms with Crippen LogP contribution in [0.1, 0.15) is 5.56 Å². The number of nitrogens with two attached hydrogens (primary N) is 1. The summed E-state index contributed by atoms with van der Waals surface area (Å²) in [5.74, 6) is 0. The zero-order valence-electron chi connectivity index (χ0n) is 10.4. The maximum atomic E-state index is 11.8. The summed E-state index contributed by atoms with van der Waals surface area (Å²) in [7, 11) is -3.71. The van der Waals surface area contributed by atoms with Gasteiger partial charge in [0, 0.05) is 12.1 Å². The molecule has 112 valence electrons. The molecule has 9 heteroatoms. The first-order valence-electron chi connectivity index (χ1n) is 5.58. The predicted octanol–water partition coefficient (Wildman–Crippen LogP) is 0.881. The number of nitrogens with one attached hydrogen (secondary N) is 1. The van der Waals surface area contributed by atoms with Crippen LogP contribution >= 0.6 is 12.2 Å². The second kappa shape index (κ2) is 7.58. The Hall–Kier alpha value is -1.16. The largest absolute Gasteiger partial charge is 0.389 e. The molecule has 1 rings (SSSR count). The van der Waals surface area contributed by atoms with Crippen LogP contribution in [0.2, 0.25) is 0 Å². The van der Waals surface area contributed by atoms with Crippen molar-refractivity contribution in [3.8, 4) is 0 Å². The summed E-state index contributed by atoms with van der Waals surface area (Å²) < 4.78 is 54.0. The van der Waals surface area contributed by atoms with Crippen molar-refractivity contribution in [2.45, 2.75) is 11.3 Å². The maximum absolute atomic E-state index is 11.8. The van der Waals surface area contributed by atoms with E-state index in [0.717, 1.165) is 0 Å². The average Bonchev–Trinajstić information content (AvgIpc) is 2.38. The number of sulfonamides is 1. The van der Waals surface area contributed by atoms with E-state index < -0.39 is 23.1 Å². The minimum absolute atomic E-state index is 0.0337. The van der Waals surface area contributed by atoms with Gasteiger partial charge in [0.1, 0.15) is 11.6 Å². The minimum atomic E-state index is -3.71. The van der Waals surface area contributed by atoms with Crippen LogP contribution in [0.3, 0.4) is 0 Å². The molecule has 1 aromatic carbocycles. The van der Waals surface area contributed by atoms with Gasteiger partial charge in [-0.1, -0.05) is 24.4 Å². The van der Waals surface area contributed by atoms with Crippen LogP contribution in [-0.2, 0) is 14.8 Å². The fourth-order valence-corrected chi connectivity index (χ4v) is 2.45. The zero-order chi connectivity index (χ0) is 15.2. The van der Waals surface area contributed by atoms with Gasteiger partial charge in [-0.3, -0.25) is 0 Å². The Morgan fingerprint density at radius 2 is 1.95 bits per heavy atom. The monoisotopic (exact) mass is 324 g/mol. The number of halogens is 2. The first-order valence-corrected chi connectivity index (χ1v) is 7.47. The molecule has 0 amide bonds. The summed E-state index contributed by atoms with van der Waals surface area (Å²) in [5, 5.41) is 0. The zero-order valence-corrected chi connectivity index (χ0v) is 12.0. The fraction of sp³-hybridized carbons (Fsp3) is 0.364. The molecule has 0 aliphatic heterocycles. The molecule has 0 heterocycles. The Morgan fingerprint density at radius 3 is 2.45 bits per heavy atom. The van der Waals surface area contributed by atoms with Crippen molar-refractivity contribution < 1.29 is 21.9 Å². The van der Waals surface area contributed by atoms with Crippen LogP contribution < -0.4 is 10.5 Å². The average molecular weight is 324 g/mol. The summed E-state index contributed by atoms with van der Waals surface area (Å²) in [6.45, 7) is -0.939. The highest BCUT2D eigenvalue weighted by molar-refractivity contribution is 7.89. The molecule has 0 saturated heterocycles. The van der Waals surface area contributed by atoms with Gasteiger partial charge in [0.15, 0.2) is 0 Å². The molecular weight excluding hydrogens is 310 g/mol. The summed E-state index contributed by atoms with van der Waals surface area (Å²) in [5.41, 5.74) is 5.95. The Kier molecular flexibility index (Phi) is 6.40. The summed E-state index contributed by atoms with van der Waals surface area (Å²) in [6.07, 6.45) is -2.57. The van der Waals surface area contributed by atoms with Crippen LogP contribution in [-0.4, -0.2) is 39.6 Å². The number of hydrogen-bond donors (Lipinski definition) is 2. The van der Waals surface area contributed by atoms with Gasteiger partial charge in [-0.2, -0.15) is 0 Å². The molecule has 0 aromatic heterocycles. The van der Waals surface area contributed by atoms with E-state index in [-0.39, 0.29) is 23.0 Å². The molecule has 20 heavy (non-hydrogen) atoms. The van der Waals surface area contributed by atoms with E-state index in [4.69, 9.17) is 18.0 Å². The van der Waals surface area contributed by atoms with Crippen molar-refractivity contribution in [3.63, 3.8) is 0 Å². The smallest absolute Gasteiger partial charge is 0.261 e. The van der Waals surface area contributed by atoms with Gasteiger partial charge < -0.3 is 10.5 Å². The number of hydrogen-bond acceptors (Lipinski definition) is 4. The molecule has 0 unspecified atom stereocenters. The van der Waals surface area contributed by atoms with Crippen LogP contribution in [0.5, 0.6) is 0 Å². The molecule has 0 fully saturated rings. The highest BCUT2D eigenvalue weighted by Gasteiger charge is 2.13. The molecule has 0 aliphatic carbocycles. The Labute approximate surface area is 121 Å². The maximum Gasteiger partial charge on any atom is 0.261 e.